The summed E-state index contributed by atoms with van der Waals surface area (Å²) in [5.41, 5.74) is 2.58. The fourth-order valence-corrected chi connectivity index (χ4v) is 5.21. The Morgan fingerprint density at radius 3 is 1.14 bits per heavy atom. The lowest BCUT2D eigenvalue weighted by atomic mass is 9.72. The fourth-order valence-electron chi connectivity index (χ4n) is 5.21. The van der Waals surface area contributed by atoms with Gasteiger partial charge in [0.1, 0.15) is 0 Å². The zero-order valence-electron chi connectivity index (χ0n) is 26.1. The first-order valence-corrected chi connectivity index (χ1v) is 15.7. The molecule has 0 aliphatic heterocycles. The molecule has 1 aromatic carbocycles. The van der Waals surface area contributed by atoms with Gasteiger partial charge in [0.2, 0.25) is 0 Å². The molecule has 0 spiro atoms. The lowest BCUT2D eigenvalue weighted by Crippen LogP contribution is -2.33. The van der Waals surface area contributed by atoms with Crippen molar-refractivity contribution in [1.29, 1.82) is 0 Å². The van der Waals surface area contributed by atoms with Crippen LogP contribution in [0.2, 0.25) is 0 Å². The molecule has 0 bridgehead atoms. The second-order valence-corrected chi connectivity index (χ2v) is 14.0. The van der Waals surface area contributed by atoms with Crippen LogP contribution in [0, 0.1) is 0 Å². The summed E-state index contributed by atoms with van der Waals surface area (Å²) in [7, 11) is 0. The van der Waals surface area contributed by atoms with Gasteiger partial charge in [-0.15, -0.1) is 0 Å². The van der Waals surface area contributed by atoms with Crippen molar-refractivity contribution < 1.29 is 9.90 Å². The largest absolute Gasteiger partial charge is 0.481 e. The molecule has 0 aliphatic carbocycles. The third-order valence-electron chi connectivity index (χ3n) is 8.30. The van der Waals surface area contributed by atoms with Gasteiger partial charge in [0, 0.05) is 0 Å². The zero-order chi connectivity index (χ0) is 28.0. The lowest BCUT2D eigenvalue weighted by molar-refractivity contribution is -0.143. The molecule has 0 amide bonds. The van der Waals surface area contributed by atoms with Crippen LogP contribution in [0.25, 0.3) is 0 Å². The number of carboxylic acid groups (broad SMARTS) is 1. The molecule has 0 fully saturated rings. The highest BCUT2D eigenvalue weighted by Gasteiger charge is 2.36. The van der Waals surface area contributed by atoms with Crippen LogP contribution < -0.4 is 0 Å². The number of hydrogen-bond donors (Lipinski definition) is 1. The topological polar surface area (TPSA) is 37.3 Å². The maximum atomic E-state index is 12.5. The van der Waals surface area contributed by atoms with E-state index in [0.29, 0.717) is 6.42 Å². The first-order valence-electron chi connectivity index (χ1n) is 15.7. The van der Waals surface area contributed by atoms with Gasteiger partial charge in [0.15, 0.2) is 0 Å². The molecule has 214 valence electrons. The van der Waals surface area contributed by atoms with Gasteiger partial charge in [-0.25, -0.2) is 0 Å². The van der Waals surface area contributed by atoms with E-state index >= 15 is 0 Å². The average Bonchev–Trinajstić information content (AvgIpc) is 2.82. The summed E-state index contributed by atoms with van der Waals surface area (Å²) < 4.78 is 0. The number of carbonyl (C=O) groups is 1. The molecule has 2 nitrogen and oxygen atoms in total. The second kappa shape index (κ2) is 16.6. The van der Waals surface area contributed by atoms with Crippen LogP contribution in [-0.4, -0.2) is 11.1 Å². The molecule has 0 aromatic heterocycles. The third kappa shape index (κ3) is 12.9. The Labute approximate surface area is 231 Å². The van der Waals surface area contributed by atoms with Gasteiger partial charge in [0.05, 0.1) is 5.41 Å². The van der Waals surface area contributed by atoms with Gasteiger partial charge in [0.25, 0.3) is 0 Å². The summed E-state index contributed by atoms with van der Waals surface area (Å²) in [6, 6.07) is 6.60. The summed E-state index contributed by atoms with van der Waals surface area (Å²) in [5, 5.41) is 10.3. The highest BCUT2D eigenvalue weighted by Crippen LogP contribution is 2.37. The van der Waals surface area contributed by atoms with E-state index in [-0.39, 0.29) is 10.8 Å². The van der Waals surface area contributed by atoms with Crippen LogP contribution in [0.4, 0.5) is 0 Å². The summed E-state index contributed by atoms with van der Waals surface area (Å²) >= 11 is 0. The Morgan fingerprint density at radius 1 is 0.541 bits per heavy atom. The molecular weight excluding hydrogens is 452 g/mol. The van der Waals surface area contributed by atoms with Crippen LogP contribution in [0.1, 0.15) is 181 Å². The molecule has 2 heteroatoms. The van der Waals surface area contributed by atoms with Crippen LogP contribution >= 0.6 is 0 Å². The van der Waals surface area contributed by atoms with Crippen molar-refractivity contribution in [1.82, 2.24) is 0 Å². The SMILES string of the molecule is CCCCCCCCCCCCCCCCCCC(C)(C(=O)O)c1cc(C(C)(C)C)cc(C(C)(C)C)c1. The van der Waals surface area contributed by atoms with Crippen LogP contribution in [0.3, 0.4) is 0 Å². The van der Waals surface area contributed by atoms with Crippen LogP contribution in [-0.2, 0) is 21.0 Å². The molecule has 0 radical (unpaired) electrons. The van der Waals surface area contributed by atoms with Crippen LogP contribution in [0.15, 0.2) is 18.2 Å². The monoisotopic (exact) mass is 514 g/mol. The van der Waals surface area contributed by atoms with Gasteiger partial charge in [-0.1, -0.05) is 169 Å². The first kappa shape index (κ1) is 33.7. The lowest BCUT2D eigenvalue weighted by Gasteiger charge is -2.31. The van der Waals surface area contributed by atoms with Crippen molar-refractivity contribution in [2.24, 2.45) is 0 Å². The predicted molar refractivity (Wildman–Crippen MR) is 163 cm³/mol. The summed E-state index contributed by atoms with van der Waals surface area (Å²) in [5.74, 6) is -0.695. The smallest absolute Gasteiger partial charge is 0.313 e. The maximum absolute atomic E-state index is 12.5. The number of benzene rings is 1. The number of rotatable bonds is 19. The van der Waals surface area contributed by atoms with Crippen LogP contribution in [0.5, 0.6) is 0 Å². The van der Waals surface area contributed by atoms with Gasteiger partial charge in [-0.2, -0.15) is 0 Å². The normalized spacial score (nSPS) is 14.1. The number of aliphatic carboxylic acids is 1. The third-order valence-corrected chi connectivity index (χ3v) is 8.30. The Balaban J connectivity index is 2.42. The van der Waals surface area contributed by atoms with Crippen molar-refractivity contribution in [2.75, 3.05) is 0 Å². The number of carboxylic acids is 1. The van der Waals surface area contributed by atoms with E-state index in [0.717, 1.165) is 18.4 Å². The summed E-state index contributed by atoms with van der Waals surface area (Å²) in [6.45, 7) is 17.5. The Bertz CT molecular complexity index is 732. The van der Waals surface area contributed by atoms with Crippen molar-refractivity contribution in [3.63, 3.8) is 0 Å². The van der Waals surface area contributed by atoms with Gasteiger partial charge >= 0.3 is 5.97 Å². The molecule has 1 atom stereocenters. The van der Waals surface area contributed by atoms with E-state index in [1.807, 2.05) is 6.92 Å². The highest BCUT2D eigenvalue weighted by molar-refractivity contribution is 5.81. The van der Waals surface area contributed by atoms with E-state index < -0.39 is 11.4 Å². The summed E-state index contributed by atoms with van der Waals surface area (Å²) in [4.78, 5) is 12.5. The van der Waals surface area contributed by atoms with Gasteiger partial charge in [-0.3, -0.25) is 4.79 Å². The molecule has 1 rings (SSSR count). The predicted octanol–water partition coefficient (Wildman–Crippen LogP) is 11.3. The van der Waals surface area contributed by atoms with Crippen molar-refractivity contribution >= 4 is 5.97 Å². The molecule has 0 heterocycles. The molecular formula is C35H62O2. The molecule has 0 aliphatic rings. The molecule has 1 aromatic rings. The van der Waals surface area contributed by atoms with Crippen molar-refractivity contribution in [3.05, 3.63) is 34.9 Å². The summed E-state index contributed by atoms with van der Waals surface area (Å²) in [6.07, 6.45) is 22.1. The molecule has 1 N–H and O–H groups in total. The minimum Gasteiger partial charge on any atom is -0.481 e. The van der Waals surface area contributed by atoms with E-state index in [4.69, 9.17) is 0 Å². The van der Waals surface area contributed by atoms with E-state index in [1.54, 1.807) is 0 Å². The molecule has 0 saturated heterocycles. The molecule has 1 unspecified atom stereocenters. The number of unbranched alkanes of at least 4 members (excludes halogenated alkanes) is 15. The van der Waals surface area contributed by atoms with E-state index in [1.165, 1.54) is 101 Å². The van der Waals surface area contributed by atoms with E-state index in [9.17, 15) is 9.90 Å². The van der Waals surface area contributed by atoms with E-state index in [2.05, 4.69) is 66.7 Å². The molecule has 0 saturated carbocycles. The quantitative estimate of drug-likeness (QED) is 0.186. The Hall–Kier alpha value is -1.31. The van der Waals surface area contributed by atoms with Crippen molar-refractivity contribution in [3.8, 4) is 0 Å². The Morgan fingerprint density at radius 2 is 0.838 bits per heavy atom. The fraction of sp³-hybridized carbons (Fsp3) is 0.800. The zero-order valence-corrected chi connectivity index (χ0v) is 26.1. The number of hydrogen-bond acceptors (Lipinski definition) is 1. The van der Waals surface area contributed by atoms with Crippen molar-refractivity contribution in [2.45, 2.75) is 181 Å². The Kier molecular flexibility index (Phi) is 15.1. The maximum Gasteiger partial charge on any atom is 0.313 e. The first-order chi connectivity index (χ1) is 17.3. The van der Waals surface area contributed by atoms with Gasteiger partial charge < -0.3 is 5.11 Å². The molecule has 37 heavy (non-hydrogen) atoms. The highest BCUT2D eigenvalue weighted by atomic mass is 16.4. The van der Waals surface area contributed by atoms with Gasteiger partial charge in [-0.05, 0) is 40.9 Å². The second-order valence-electron chi connectivity index (χ2n) is 14.0. The minimum atomic E-state index is -0.836. The minimum absolute atomic E-state index is 0.0102. The standard InChI is InChI=1S/C35H62O2/c1-9-10-11-12-13-14-15-16-17-18-19-20-21-22-23-24-25-35(8,32(36)37)31-27-29(33(2,3)4)26-30(28-31)34(5,6)7/h26-28H,9-25H2,1-8H3,(H,36,37). The average molecular weight is 515 g/mol.